The van der Waals surface area contributed by atoms with Crippen molar-refractivity contribution in [3.63, 3.8) is 0 Å². The number of nitrogens with two attached hydrogens (primary N) is 1. The fourth-order valence-corrected chi connectivity index (χ4v) is 2.13. The van der Waals surface area contributed by atoms with Crippen molar-refractivity contribution in [2.75, 3.05) is 0 Å². The number of nitrogens with zero attached hydrogens (tertiary/aromatic N) is 3. The summed E-state index contributed by atoms with van der Waals surface area (Å²) in [5.74, 6) is 0.938. The highest BCUT2D eigenvalue weighted by molar-refractivity contribution is 5.79. The Kier molecular flexibility index (Phi) is 2.57. The van der Waals surface area contributed by atoms with Crippen LogP contribution in [0.25, 0.3) is 22.4 Å². The van der Waals surface area contributed by atoms with E-state index in [0.717, 1.165) is 28.0 Å². The Morgan fingerprint density at radius 1 is 1.28 bits per heavy atom. The van der Waals surface area contributed by atoms with Crippen molar-refractivity contribution >= 4 is 11.0 Å². The van der Waals surface area contributed by atoms with Gasteiger partial charge in [-0.25, -0.2) is 4.98 Å². The Morgan fingerprint density at radius 2 is 2.17 bits per heavy atom. The zero-order valence-corrected chi connectivity index (χ0v) is 10.2. The second-order valence-corrected chi connectivity index (χ2v) is 4.26. The van der Waals surface area contributed by atoms with Crippen LogP contribution in [0.1, 0.15) is 5.56 Å². The van der Waals surface area contributed by atoms with E-state index in [1.807, 2.05) is 37.5 Å². The van der Waals surface area contributed by atoms with Crippen LogP contribution >= 0.6 is 0 Å². The Bertz CT molecular complexity index is 700. The molecule has 1 aromatic carbocycles. The summed E-state index contributed by atoms with van der Waals surface area (Å²) in [6.07, 6.45) is 3.59. The maximum Gasteiger partial charge on any atom is 0.140 e. The standard InChI is InChI=1S/C14H14N4/c1-18-13-9-16-6-5-12(13)17-14(18)11-4-2-3-10(7-11)8-15/h2-7,9H,8,15H2,1H3. The van der Waals surface area contributed by atoms with E-state index in [1.54, 1.807) is 6.20 Å². The number of hydrogen-bond donors (Lipinski definition) is 1. The summed E-state index contributed by atoms with van der Waals surface area (Å²) in [6, 6.07) is 10.1. The topological polar surface area (TPSA) is 56.7 Å². The predicted octanol–water partition coefficient (Wildman–Crippen LogP) is 2.09. The molecule has 0 atom stereocenters. The average Bonchev–Trinajstić information content (AvgIpc) is 2.77. The molecule has 18 heavy (non-hydrogen) atoms. The van der Waals surface area contributed by atoms with Crippen LogP contribution < -0.4 is 5.73 Å². The first-order chi connectivity index (χ1) is 8.79. The Balaban J connectivity index is 2.21. The third-order valence-electron chi connectivity index (χ3n) is 3.10. The zero-order chi connectivity index (χ0) is 12.5. The summed E-state index contributed by atoms with van der Waals surface area (Å²) in [5.41, 5.74) is 9.85. The molecular formula is C14H14N4. The van der Waals surface area contributed by atoms with Crippen LogP contribution in [0.2, 0.25) is 0 Å². The number of hydrogen-bond acceptors (Lipinski definition) is 3. The molecule has 0 spiro atoms. The average molecular weight is 238 g/mol. The van der Waals surface area contributed by atoms with E-state index in [4.69, 9.17) is 5.73 Å². The van der Waals surface area contributed by atoms with Crippen LogP contribution in [0, 0.1) is 0 Å². The number of imidazole rings is 1. The normalized spacial score (nSPS) is 11.0. The summed E-state index contributed by atoms with van der Waals surface area (Å²) in [5, 5.41) is 0. The van der Waals surface area contributed by atoms with E-state index in [9.17, 15) is 0 Å². The molecule has 0 saturated heterocycles. The van der Waals surface area contributed by atoms with Gasteiger partial charge >= 0.3 is 0 Å². The fraction of sp³-hybridized carbons (Fsp3) is 0.143. The molecule has 0 fully saturated rings. The lowest BCUT2D eigenvalue weighted by Crippen LogP contribution is -1.97. The lowest BCUT2D eigenvalue weighted by molar-refractivity contribution is 0.954. The highest BCUT2D eigenvalue weighted by atomic mass is 15.1. The molecule has 2 N–H and O–H groups in total. The molecule has 4 nitrogen and oxygen atoms in total. The van der Waals surface area contributed by atoms with E-state index in [0.29, 0.717) is 6.54 Å². The molecule has 0 amide bonds. The van der Waals surface area contributed by atoms with E-state index >= 15 is 0 Å². The van der Waals surface area contributed by atoms with Gasteiger partial charge in [-0.05, 0) is 17.7 Å². The van der Waals surface area contributed by atoms with Crippen LogP contribution in [-0.4, -0.2) is 14.5 Å². The predicted molar refractivity (Wildman–Crippen MR) is 71.8 cm³/mol. The zero-order valence-electron chi connectivity index (χ0n) is 10.2. The highest BCUT2D eigenvalue weighted by Crippen LogP contribution is 2.23. The molecule has 0 saturated carbocycles. The van der Waals surface area contributed by atoms with Gasteiger partial charge < -0.3 is 10.3 Å². The molecule has 0 aliphatic rings. The van der Waals surface area contributed by atoms with Gasteiger partial charge in [0.15, 0.2) is 0 Å². The molecule has 2 aromatic heterocycles. The smallest absolute Gasteiger partial charge is 0.140 e. The largest absolute Gasteiger partial charge is 0.326 e. The highest BCUT2D eigenvalue weighted by Gasteiger charge is 2.09. The van der Waals surface area contributed by atoms with Gasteiger partial charge in [-0.15, -0.1) is 0 Å². The van der Waals surface area contributed by atoms with Crippen LogP contribution in [-0.2, 0) is 13.6 Å². The summed E-state index contributed by atoms with van der Waals surface area (Å²) in [7, 11) is 2.00. The Labute approximate surface area is 105 Å². The van der Waals surface area contributed by atoms with Crippen molar-refractivity contribution in [1.82, 2.24) is 14.5 Å². The first kappa shape index (κ1) is 10.9. The van der Waals surface area contributed by atoms with E-state index < -0.39 is 0 Å². The van der Waals surface area contributed by atoms with Crippen molar-refractivity contribution < 1.29 is 0 Å². The number of aryl methyl sites for hydroxylation is 1. The molecular weight excluding hydrogens is 224 g/mol. The number of rotatable bonds is 2. The van der Waals surface area contributed by atoms with Gasteiger partial charge in [-0.1, -0.05) is 18.2 Å². The summed E-state index contributed by atoms with van der Waals surface area (Å²) >= 11 is 0. The monoisotopic (exact) mass is 238 g/mol. The van der Waals surface area contributed by atoms with Gasteiger partial charge in [0.1, 0.15) is 5.82 Å². The maximum atomic E-state index is 5.67. The minimum absolute atomic E-state index is 0.541. The Morgan fingerprint density at radius 3 is 2.94 bits per heavy atom. The van der Waals surface area contributed by atoms with Crippen LogP contribution in [0.15, 0.2) is 42.7 Å². The van der Waals surface area contributed by atoms with Gasteiger partial charge in [0, 0.05) is 25.4 Å². The second-order valence-electron chi connectivity index (χ2n) is 4.26. The molecule has 0 radical (unpaired) electrons. The van der Waals surface area contributed by atoms with E-state index in [2.05, 4.69) is 20.6 Å². The lowest BCUT2D eigenvalue weighted by atomic mass is 10.1. The van der Waals surface area contributed by atoms with Crippen LogP contribution in [0.3, 0.4) is 0 Å². The molecule has 2 heterocycles. The summed E-state index contributed by atoms with van der Waals surface area (Å²) in [4.78, 5) is 8.77. The third kappa shape index (κ3) is 1.67. The number of pyridine rings is 1. The van der Waals surface area contributed by atoms with Crippen molar-refractivity contribution in [3.05, 3.63) is 48.3 Å². The first-order valence-electron chi connectivity index (χ1n) is 5.85. The van der Waals surface area contributed by atoms with Gasteiger partial charge in [0.05, 0.1) is 17.2 Å². The van der Waals surface area contributed by atoms with Crippen LogP contribution in [0.5, 0.6) is 0 Å². The SMILES string of the molecule is Cn1c(-c2cccc(CN)c2)nc2ccncc21. The Hall–Kier alpha value is -2.20. The van der Waals surface area contributed by atoms with Gasteiger partial charge in [-0.3, -0.25) is 4.98 Å². The van der Waals surface area contributed by atoms with Crippen molar-refractivity contribution in [1.29, 1.82) is 0 Å². The number of fused-ring (bicyclic) bond motifs is 1. The second kappa shape index (κ2) is 4.23. The number of aromatic nitrogens is 3. The molecule has 90 valence electrons. The van der Waals surface area contributed by atoms with Crippen molar-refractivity contribution in [3.8, 4) is 11.4 Å². The van der Waals surface area contributed by atoms with Gasteiger partial charge in [-0.2, -0.15) is 0 Å². The molecule has 0 unspecified atom stereocenters. The van der Waals surface area contributed by atoms with E-state index in [1.165, 1.54) is 0 Å². The molecule has 3 rings (SSSR count). The quantitative estimate of drug-likeness (QED) is 0.743. The minimum atomic E-state index is 0.541. The summed E-state index contributed by atoms with van der Waals surface area (Å²) < 4.78 is 2.05. The van der Waals surface area contributed by atoms with Gasteiger partial charge in [0.2, 0.25) is 0 Å². The molecule has 0 aliphatic heterocycles. The van der Waals surface area contributed by atoms with Crippen LogP contribution in [0.4, 0.5) is 0 Å². The minimum Gasteiger partial charge on any atom is -0.326 e. The lowest BCUT2D eigenvalue weighted by Gasteiger charge is -2.04. The van der Waals surface area contributed by atoms with Crippen molar-refractivity contribution in [2.24, 2.45) is 12.8 Å². The molecule has 3 aromatic rings. The molecule has 0 bridgehead atoms. The van der Waals surface area contributed by atoms with E-state index in [-0.39, 0.29) is 0 Å². The third-order valence-corrected chi connectivity index (χ3v) is 3.10. The maximum absolute atomic E-state index is 5.67. The molecule has 0 aliphatic carbocycles. The van der Waals surface area contributed by atoms with Gasteiger partial charge in [0.25, 0.3) is 0 Å². The fourth-order valence-electron chi connectivity index (χ4n) is 2.13. The van der Waals surface area contributed by atoms with Crippen molar-refractivity contribution in [2.45, 2.75) is 6.54 Å². The summed E-state index contributed by atoms with van der Waals surface area (Å²) in [6.45, 7) is 0.541. The molecule has 4 heteroatoms. The number of benzene rings is 1. The first-order valence-corrected chi connectivity index (χ1v) is 5.85.